The van der Waals surface area contributed by atoms with Gasteiger partial charge in [-0.3, -0.25) is 24.3 Å². The fourth-order valence-corrected chi connectivity index (χ4v) is 1.53. The van der Waals surface area contributed by atoms with Crippen LogP contribution in [-0.4, -0.2) is 35.3 Å². The van der Waals surface area contributed by atoms with E-state index in [1.807, 2.05) is 6.92 Å². The molecule has 0 radical (unpaired) electrons. The van der Waals surface area contributed by atoms with Gasteiger partial charge in [-0.1, -0.05) is 0 Å². The molecular formula is C12H16N2O6. The topological polar surface area (TPSA) is 101 Å². The Morgan fingerprint density at radius 3 is 2.75 bits per heavy atom. The lowest BCUT2D eigenvalue weighted by Gasteiger charge is -2.07. The first-order valence-electron chi connectivity index (χ1n) is 6.04. The molecule has 0 bridgehead atoms. The molecule has 0 aliphatic rings. The van der Waals surface area contributed by atoms with Crippen LogP contribution in [0.3, 0.4) is 0 Å². The molecule has 0 saturated heterocycles. The van der Waals surface area contributed by atoms with Crippen molar-refractivity contribution in [3.8, 4) is 0 Å². The number of rotatable bonds is 7. The van der Waals surface area contributed by atoms with E-state index in [1.54, 1.807) is 0 Å². The summed E-state index contributed by atoms with van der Waals surface area (Å²) in [5, 5.41) is 10.7. The van der Waals surface area contributed by atoms with E-state index in [2.05, 4.69) is 0 Å². The number of nitro groups is 1. The molecule has 0 unspecified atom stereocenters. The minimum Gasteiger partial charge on any atom is -0.462 e. The molecule has 8 heteroatoms. The predicted molar refractivity (Wildman–Crippen MR) is 69.5 cm³/mol. The first kappa shape index (κ1) is 15.8. The maximum atomic E-state index is 11.8. The van der Waals surface area contributed by atoms with E-state index in [0.717, 1.165) is 10.8 Å². The van der Waals surface area contributed by atoms with Crippen molar-refractivity contribution >= 4 is 11.7 Å². The van der Waals surface area contributed by atoms with Crippen LogP contribution in [0, 0.1) is 17.0 Å². The van der Waals surface area contributed by atoms with E-state index in [1.165, 1.54) is 13.0 Å². The highest BCUT2D eigenvalue weighted by Gasteiger charge is 2.14. The molecule has 8 nitrogen and oxygen atoms in total. The van der Waals surface area contributed by atoms with Crippen LogP contribution in [0.25, 0.3) is 0 Å². The van der Waals surface area contributed by atoms with Crippen LogP contribution in [0.5, 0.6) is 0 Å². The highest BCUT2D eigenvalue weighted by Crippen LogP contribution is 2.09. The Hall–Kier alpha value is -2.22. The fraction of sp³-hybridized carbons (Fsp3) is 0.500. The van der Waals surface area contributed by atoms with Gasteiger partial charge in [-0.05, 0) is 13.8 Å². The second-order valence-corrected chi connectivity index (χ2v) is 3.99. The molecule has 0 atom stereocenters. The summed E-state index contributed by atoms with van der Waals surface area (Å²) in [6.07, 6.45) is 1.03. The zero-order chi connectivity index (χ0) is 15.1. The molecule has 0 aliphatic heterocycles. The Bertz CT molecular complexity index is 551. The van der Waals surface area contributed by atoms with Crippen molar-refractivity contribution < 1.29 is 19.2 Å². The molecule has 0 aromatic carbocycles. The molecule has 20 heavy (non-hydrogen) atoms. The maximum absolute atomic E-state index is 11.8. The highest BCUT2D eigenvalue weighted by molar-refractivity contribution is 5.69. The molecular weight excluding hydrogens is 268 g/mol. The number of aromatic nitrogens is 1. The van der Waals surface area contributed by atoms with Crippen LogP contribution in [0.4, 0.5) is 5.69 Å². The van der Waals surface area contributed by atoms with E-state index >= 15 is 0 Å². The van der Waals surface area contributed by atoms with Gasteiger partial charge in [-0.2, -0.15) is 0 Å². The van der Waals surface area contributed by atoms with Gasteiger partial charge in [0.15, 0.2) is 0 Å². The number of hydrogen-bond donors (Lipinski definition) is 0. The molecule has 110 valence electrons. The summed E-state index contributed by atoms with van der Waals surface area (Å²) >= 11 is 0. The predicted octanol–water partition coefficient (Wildman–Crippen LogP) is 0.645. The lowest BCUT2D eigenvalue weighted by molar-refractivity contribution is -0.385. The largest absolute Gasteiger partial charge is 0.462 e. The van der Waals surface area contributed by atoms with Gasteiger partial charge < -0.3 is 9.47 Å². The van der Waals surface area contributed by atoms with Crippen molar-refractivity contribution in [1.82, 2.24) is 4.57 Å². The zero-order valence-electron chi connectivity index (χ0n) is 11.3. The SMILES string of the molecule is CCOCCOC(=O)Cn1cc([N+](=O)[O-])cc(C)c1=O. The number of esters is 1. The highest BCUT2D eigenvalue weighted by atomic mass is 16.6. The van der Waals surface area contributed by atoms with Crippen molar-refractivity contribution in [3.05, 3.63) is 38.3 Å². The van der Waals surface area contributed by atoms with Crippen LogP contribution >= 0.6 is 0 Å². The van der Waals surface area contributed by atoms with Crippen LogP contribution in [0.15, 0.2) is 17.1 Å². The smallest absolute Gasteiger partial charge is 0.326 e. The van der Waals surface area contributed by atoms with Crippen molar-refractivity contribution in [2.24, 2.45) is 0 Å². The van der Waals surface area contributed by atoms with Crippen LogP contribution in [0.1, 0.15) is 12.5 Å². The van der Waals surface area contributed by atoms with Gasteiger partial charge in [0.2, 0.25) is 0 Å². The average molecular weight is 284 g/mol. The van der Waals surface area contributed by atoms with Crippen LogP contribution < -0.4 is 5.56 Å². The maximum Gasteiger partial charge on any atom is 0.326 e. The Morgan fingerprint density at radius 2 is 2.15 bits per heavy atom. The van der Waals surface area contributed by atoms with Crippen molar-refractivity contribution in [2.75, 3.05) is 19.8 Å². The molecule has 0 saturated carbocycles. The van der Waals surface area contributed by atoms with Gasteiger partial charge in [-0.15, -0.1) is 0 Å². The standard InChI is InChI=1S/C12H16N2O6/c1-3-19-4-5-20-11(15)8-13-7-10(14(17)18)6-9(2)12(13)16/h6-7H,3-5,8H2,1-2H3. The van der Waals surface area contributed by atoms with Gasteiger partial charge in [0.1, 0.15) is 13.2 Å². The number of carbonyl (C=O) groups excluding carboxylic acids is 1. The summed E-state index contributed by atoms with van der Waals surface area (Å²) < 4.78 is 10.8. The molecule has 1 rings (SSSR count). The number of pyridine rings is 1. The summed E-state index contributed by atoms with van der Waals surface area (Å²) in [6, 6.07) is 1.17. The second kappa shape index (κ2) is 7.39. The van der Waals surface area contributed by atoms with E-state index in [0.29, 0.717) is 6.61 Å². The third kappa shape index (κ3) is 4.47. The second-order valence-electron chi connectivity index (χ2n) is 3.99. The van der Waals surface area contributed by atoms with E-state index < -0.39 is 16.5 Å². The Morgan fingerprint density at radius 1 is 1.45 bits per heavy atom. The molecule has 1 aromatic heterocycles. The number of nitrogens with zero attached hydrogens (tertiary/aromatic N) is 2. The van der Waals surface area contributed by atoms with Gasteiger partial charge >= 0.3 is 5.97 Å². The molecule has 0 aliphatic carbocycles. The number of ether oxygens (including phenoxy) is 2. The molecule has 0 amide bonds. The summed E-state index contributed by atoms with van der Waals surface area (Å²) in [5.41, 5.74) is -0.511. The van der Waals surface area contributed by atoms with Crippen molar-refractivity contribution in [3.63, 3.8) is 0 Å². The summed E-state index contributed by atoms with van der Waals surface area (Å²) in [4.78, 5) is 33.4. The minimum absolute atomic E-state index is 0.0787. The van der Waals surface area contributed by atoms with E-state index in [4.69, 9.17) is 9.47 Å². The van der Waals surface area contributed by atoms with Gasteiger partial charge in [0.05, 0.1) is 17.7 Å². The first-order chi connectivity index (χ1) is 9.45. The summed E-state index contributed by atoms with van der Waals surface area (Å²) in [7, 11) is 0. The Balaban J connectivity index is 2.74. The molecule has 1 heterocycles. The average Bonchev–Trinajstić information content (AvgIpc) is 2.39. The van der Waals surface area contributed by atoms with Gasteiger partial charge in [0.25, 0.3) is 11.2 Å². The number of aryl methyl sites for hydroxylation is 1. The van der Waals surface area contributed by atoms with Crippen molar-refractivity contribution in [1.29, 1.82) is 0 Å². The Labute approximate surface area is 115 Å². The zero-order valence-corrected chi connectivity index (χ0v) is 11.3. The molecule has 0 fully saturated rings. The first-order valence-corrected chi connectivity index (χ1v) is 6.04. The normalized spacial score (nSPS) is 10.3. The minimum atomic E-state index is -0.647. The number of carbonyl (C=O) groups is 1. The molecule has 1 aromatic rings. The third-order valence-electron chi connectivity index (χ3n) is 2.46. The summed E-state index contributed by atoms with van der Waals surface area (Å²) in [6.45, 7) is 3.76. The lowest BCUT2D eigenvalue weighted by atomic mass is 10.3. The quantitative estimate of drug-likeness (QED) is 0.315. The van der Waals surface area contributed by atoms with Crippen LogP contribution in [-0.2, 0) is 20.8 Å². The lowest BCUT2D eigenvalue weighted by Crippen LogP contribution is -2.27. The Kier molecular flexibility index (Phi) is 5.85. The van der Waals surface area contributed by atoms with E-state index in [9.17, 15) is 19.7 Å². The van der Waals surface area contributed by atoms with E-state index in [-0.39, 0.29) is 31.0 Å². The third-order valence-corrected chi connectivity index (χ3v) is 2.46. The fourth-order valence-electron chi connectivity index (χ4n) is 1.53. The van der Waals surface area contributed by atoms with Crippen molar-refractivity contribution in [2.45, 2.75) is 20.4 Å². The van der Waals surface area contributed by atoms with Gasteiger partial charge in [-0.25, -0.2) is 0 Å². The summed E-state index contributed by atoms with van der Waals surface area (Å²) in [5.74, 6) is -0.647. The molecule has 0 N–H and O–H groups in total. The number of hydrogen-bond acceptors (Lipinski definition) is 6. The van der Waals surface area contributed by atoms with Gasteiger partial charge in [0, 0.05) is 18.2 Å². The monoisotopic (exact) mass is 284 g/mol. The molecule has 0 spiro atoms. The van der Waals surface area contributed by atoms with Crippen LogP contribution in [0.2, 0.25) is 0 Å².